The van der Waals surface area contributed by atoms with E-state index in [4.69, 9.17) is 4.74 Å². The molecule has 1 atom stereocenters. The Morgan fingerprint density at radius 2 is 2.06 bits per heavy atom. The molecule has 1 fully saturated rings. The molecule has 0 radical (unpaired) electrons. The van der Waals surface area contributed by atoms with Crippen LogP contribution in [-0.4, -0.2) is 36.5 Å². The molecule has 1 aromatic rings. The molecular formula is C13H16N2O2. The first-order valence-electron chi connectivity index (χ1n) is 6.13. The predicted molar refractivity (Wildman–Crippen MR) is 65.2 cm³/mol. The summed E-state index contributed by atoms with van der Waals surface area (Å²) in [6, 6.07) is 7.73. The van der Waals surface area contributed by atoms with Gasteiger partial charge in [-0.2, -0.15) is 0 Å². The Bertz CT molecular complexity index is 427. The number of anilines is 1. The van der Waals surface area contributed by atoms with Crippen LogP contribution in [0.3, 0.4) is 0 Å². The number of hydrogen-bond donors (Lipinski definition) is 1. The number of carbonyl (C=O) groups is 1. The third kappa shape index (κ3) is 1.95. The molecule has 2 aliphatic heterocycles. The van der Waals surface area contributed by atoms with Gasteiger partial charge in [0.2, 0.25) is 0 Å². The predicted octanol–water partition coefficient (Wildman–Crippen LogP) is 1.48. The molecule has 0 spiro atoms. The van der Waals surface area contributed by atoms with E-state index in [1.54, 1.807) is 0 Å². The standard InChI is InChI=1S/C13H16N2O2/c16-13(15-7-3-4-8-15)12-9-14-10-5-1-2-6-11(10)17-12/h1-2,5-6,12,14H,3-4,7-9H2/t12-/m1/s1. The van der Waals surface area contributed by atoms with Gasteiger partial charge in [0.25, 0.3) is 5.91 Å². The van der Waals surface area contributed by atoms with Crippen molar-refractivity contribution in [2.45, 2.75) is 18.9 Å². The molecular weight excluding hydrogens is 216 g/mol. The second-order valence-corrected chi connectivity index (χ2v) is 4.52. The van der Waals surface area contributed by atoms with Gasteiger partial charge in [-0.3, -0.25) is 4.79 Å². The number of carbonyl (C=O) groups excluding carboxylic acids is 1. The molecule has 0 aliphatic carbocycles. The molecule has 4 nitrogen and oxygen atoms in total. The summed E-state index contributed by atoms with van der Waals surface area (Å²) in [4.78, 5) is 14.1. The molecule has 1 amide bonds. The summed E-state index contributed by atoms with van der Waals surface area (Å²) in [5.74, 6) is 0.890. The van der Waals surface area contributed by atoms with Crippen LogP contribution in [-0.2, 0) is 4.79 Å². The summed E-state index contributed by atoms with van der Waals surface area (Å²) < 4.78 is 5.75. The first-order chi connectivity index (χ1) is 8.34. The lowest BCUT2D eigenvalue weighted by Gasteiger charge is -2.29. The maximum atomic E-state index is 12.2. The van der Waals surface area contributed by atoms with Gasteiger partial charge in [-0.1, -0.05) is 12.1 Å². The molecule has 90 valence electrons. The molecule has 0 bridgehead atoms. The number of nitrogens with zero attached hydrogens (tertiary/aromatic N) is 1. The second-order valence-electron chi connectivity index (χ2n) is 4.52. The zero-order valence-electron chi connectivity index (χ0n) is 9.69. The van der Waals surface area contributed by atoms with Gasteiger partial charge in [0.1, 0.15) is 5.75 Å². The van der Waals surface area contributed by atoms with Crippen LogP contribution in [0.25, 0.3) is 0 Å². The largest absolute Gasteiger partial charge is 0.477 e. The SMILES string of the molecule is O=C([C@H]1CNc2ccccc2O1)N1CCCC1. The van der Waals surface area contributed by atoms with Gasteiger partial charge in [0.05, 0.1) is 12.2 Å². The average molecular weight is 232 g/mol. The number of amides is 1. The van der Waals surface area contributed by atoms with Gasteiger partial charge >= 0.3 is 0 Å². The Balaban J connectivity index is 1.73. The lowest BCUT2D eigenvalue weighted by Crippen LogP contribution is -2.45. The topological polar surface area (TPSA) is 41.6 Å². The zero-order valence-corrected chi connectivity index (χ0v) is 9.69. The highest BCUT2D eigenvalue weighted by molar-refractivity contribution is 5.83. The maximum absolute atomic E-state index is 12.2. The Kier molecular flexibility index (Phi) is 2.63. The van der Waals surface area contributed by atoms with Gasteiger partial charge in [0.15, 0.2) is 6.10 Å². The Morgan fingerprint density at radius 3 is 2.88 bits per heavy atom. The molecule has 0 unspecified atom stereocenters. The van der Waals surface area contributed by atoms with Gasteiger partial charge in [-0.05, 0) is 25.0 Å². The van der Waals surface area contributed by atoms with E-state index < -0.39 is 0 Å². The molecule has 0 saturated carbocycles. The molecule has 1 saturated heterocycles. The first-order valence-corrected chi connectivity index (χ1v) is 6.13. The average Bonchev–Trinajstić information content (AvgIpc) is 2.91. The minimum Gasteiger partial charge on any atom is -0.477 e. The molecule has 0 aromatic heterocycles. The molecule has 17 heavy (non-hydrogen) atoms. The van der Waals surface area contributed by atoms with Crippen molar-refractivity contribution < 1.29 is 9.53 Å². The molecule has 4 heteroatoms. The number of likely N-dealkylation sites (tertiary alicyclic amines) is 1. The van der Waals surface area contributed by atoms with E-state index in [2.05, 4.69) is 5.32 Å². The van der Waals surface area contributed by atoms with Crippen LogP contribution in [0.1, 0.15) is 12.8 Å². The molecule has 2 aliphatic rings. The molecule has 1 N–H and O–H groups in total. The quantitative estimate of drug-likeness (QED) is 0.797. The summed E-state index contributed by atoms with van der Waals surface area (Å²) in [7, 11) is 0. The van der Waals surface area contributed by atoms with Gasteiger partial charge < -0.3 is 15.0 Å². The van der Waals surface area contributed by atoms with Gasteiger partial charge in [0, 0.05) is 13.1 Å². The van der Waals surface area contributed by atoms with E-state index >= 15 is 0 Å². The van der Waals surface area contributed by atoms with Crippen LogP contribution < -0.4 is 10.1 Å². The summed E-state index contributed by atoms with van der Waals surface area (Å²) >= 11 is 0. The molecule has 1 aromatic carbocycles. The number of rotatable bonds is 1. The van der Waals surface area contributed by atoms with Crippen molar-refractivity contribution in [3.63, 3.8) is 0 Å². The Labute approximate surface area is 101 Å². The molecule has 3 rings (SSSR count). The van der Waals surface area contributed by atoms with Crippen LogP contribution >= 0.6 is 0 Å². The van der Waals surface area contributed by atoms with Crippen LogP contribution in [0.2, 0.25) is 0 Å². The summed E-state index contributed by atoms with van der Waals surface area (Å²) in [6.45, 7) is 2.31. The number of fused-ring (bicyclic) bond motifs is 1. The number of para-hydroxylation sites is 2. The van der Waals surface area contributed by atoms with Crippen LogP contribution in [0.5, 0.6) is 5.75 Å². The van der Waals surface area contributed by atoms with E-state index in [0.717, 1.165) is 37.4 Å². The van der Waals surface area contributed by atoms with Crippen LogP contribution in [0, 0.1) is 0 Å². The summed E-state index contributed by atoms with van der Waals surface area (Å²) in [5.41, 5.74) is 0.970. The van der Waals surface area contributed by atoms with Crippen LogP contribution in [0.15, 0.2) is 24.3 Å². The first kappa shape index (κ1) is 10.4. The van der Waals surface area contributed by atoms with Crippen molar-refractivity contribution in [1.82, 2.24) is 4.90 Å². The van der Waals surface area contributed by atoms with Crippen molar-refractivity contribution in [3.05, 3.63) is 24.3 Å². The van der Waals surface area contributed by atoms with E-state index in [-0.39, 0.29) is 12.0 Å². The summed E-state index contributed by atoms with van der Waals surface area (Å²) in [6.07, 6.45) is 1.85. The normalized spacial score (nSPS) is 22.6. The lowest BCUT2D eigenvalue weighted by molar-refractivity contribution is -0.137. The number of benzene rings is 1. The Hall–Kier alpha value is -1.71. The molecule has 2 heterocycles. The smallest absolute Gasteiger partial charge is 0.265 e. The fourth-order valence-electron chi connectivity index (χ4n) is 2.39. The fraction of sp³-hybridized carbons (Fsp3) is 0.462. The zero-order chi connectivity index (χ0) is 11.7. The number of nitrogens with one attached hydrogen (secondary N) is 1. The van der Waals surface area contributed by atoms with E-state index in [9.17, 15) is 4.79 Å². The maximum Gasteiger partial charge on any atom is 0.265 e. The van der Waals surface area contributed by atoms with Crippen molar-refractivity contribution in [3.8, 4) is 5.75 Å². The monoisotopic (exact) mass is 232 g/mol. The fourth-order valence-corrected chi connectivity index (χ4v) is 2.39. The summed E-state index contributed by atoms with van der Waals surface area (Å²) in [5, 5.41) is 3.24. The highest BCUT2D eigenvalue weighted by Gasteiger charge is 2.30. The third-order valence-electron chi connectivity index (χ3n) is 3.33. The van der Waals surface area contributed by atoms with Crippen molar-refractivity contribution in [2.24, 2.45) is 0 Å². The van der Waals surface area contributed by atoms with Crippen molar-refractivity contribution >= 4 is 11.6 Å². The lowest BCUT2D eigenvalue weighted by atomic mass is 10.2. The van der Waals surface area contributed by atoms with Crippen LogP contribution in [0.4, 0.5) is 5.69 Å². The van der Waals surface area contributed by atoms with Gasteiger partial charge in [-0.25, -0.2) is 0 Å². The van der Waals surface area contributed by atoms with Crippen molar-refractivity contribution in [1.29, 1.82) is 0 Å². The highest BCUT2D eigenvalue weighted by Crippen LogP contribution is 2.28. The highest BCUT2D eigenvalue weighted by atomic mass is 16.5. The minimum absolute atomic E-state index is 0.115. The minimum atomic E-state index is -0.372. The number of hydrogen-bond acceptors (Lipinski definition) is 3. The van der Waals surface area contributed by atoms with Gasteiger partial charge in [-0.15, -0.1) is 0 Å². The number of ether oxygens (including phenoxy) is 1. The van der Waals surface area contributed by atoms with Crippen molar-refractivity contribution in [2.75, 3.05) is 25.0 Å². The second kappa shape index (κ2) is 4.28. The van der Waals surface area contributed by atoms with E-state index in [1.165, 1.54) is 0 Å². The Morgan fingerprint density at radius 1 is 1.29 bits per heavy atom. The van der Waals surface area contributed by atoms with E-state index in [1.807, 2.05) is 29.2 Å². The van der Waals surface area contributed by atoms with E-state index in [0.29, 0.717) is 6.54 Å². The third-order valence-corrected chi connectivity index (χ3v) is 3.33.